The standard InChI is InChI=1S/C14H20N2O2S/c1-2-3-6-9-18-10-13(17)16-12-8-5-4-7-11(12)14(15)19/h4-5,7-8H,2-3,6,9-10H2,1H3,(H2,15,19)(H,16,17). The maximum absolute atomic E-state index is 11.7. The highest BCUT2D eigenvalue weighted by Gasteiger charge is 2.08. The van der Waals surface area contributed by atoms with Gasteiger partial charge >= 0.3 is 0 Å². The first-order valence-electron chi connectivity index (χ1n) is 6.41. The molecule has 0 aliphatic heterocycles. The Morgan fingerprint density at radius 2 is 2.11 bits per heavy atom. The normalized spacial score (nSPS) is 10.2. The highest BCUT2D eigenvalue weighted by atomic mass is 32.1. The molecule has 19 heavy (non-hydrogen) atoms. The van der Waals surface area contributed by atoms with Crippen LogP contribution in [0.3, 0.4) is 0 Å². The van der Waals surface area contributed by atoms with Crippen LogP contribution in [0.5, 0.6) is 0 Å². The number of carbonyl (C=O) groups is 1. The highest BCUT2D eigenvalue weighted by molar-refractivity contribution is 7.80. The second kappa shape index (κ2) is 8.61. The predicted octanol–water partition coefficient (Wildman–Crippen LogP) is 2.47. The summed E-state index contributed by atoms with van der Waals surface area (Å²) in [7, 11) is 0. The van der Waals surface area contributed by atoms with Crippen LogP contribution in [0.1, 0.15) is 31.7 Å². The predicted molar refractivity (Wildman–Crippen MR) is 81.3 cm³/mol. The molecule has 1 aromatic carbocycles. The Balaban J connectivity index is 2.42. The van der Waals surface area contributed by atoms with Gasteiger partial charge < -0.3 is 15.8 Å². The van der Waals surface area contributed by atoms with Crippen molar-refractivity contribution in [2.24, 2.45) is 5.73 Å². The summed E-state index contributed by atoms with van der Waals surface area (Å²) in [4.78, 5) is 12.0. The van der Waals surface area contributed by atoms with Gasteiger partial charge in [0.1, 0.15) is 11.6 Å². The van der Waals surface area contributed by atoms with E-state index < -0.39 is 0 Å². The fourth-order valence-corrected chi connectivity index (χ4v) is 1.79. The van der Waals surface area contributed by atoms with E-state index in [4.69, 9.17) is 22.7 Å². The van der Waals surface area contributed by atoms with E-state index in [1.807, 2.05) is 12.1 Å². The molecule has 0 saturated heterocycles. The number of hydrogen-bond acceptors (Lipinski definition) is 3. The zero-order valence-corrected chi connectivity index (χ0v) is 12.0. The molecular formula is C14H20N2O2S. The Morgan fingerprint density at radius 1 is 1.37 bits per heavy atom. The van der Waals surface area contributed by atoms with Gasteiger partial charge in [-0.3, -0.25) is 4.79 Å². The van der Waals surface area contributed by atoms with E-state index in [2.05, 4.69) is 12.2 Å². The lowest BCUT2D eigenvalue weighted by molar-refractivity contribution is -0.120. The minimum absolute atomic E-state index is 0.0510. The molecule has 4 nitrogen and oxygen atoms in total. The molecule has 0 aromatic heterocycles. The minimum Gasteiger partial charge on any atom is -0.389 e. The average Bonchev–Trinajstić information content (AvgIpc) is 2.39. The third-order valence-electron chi connectivity index (χ3n) is 2.59. The molecule has 0 bridgehead atoms. The van der Waals surface area contributed by atoms with E-state index in [1.165, 1.54) is 0 Å². The summed E-state index contributed by atoms with van der Waals surface area (Å²) in [6.45, 7) is 2.78. The minimum atomic E-state index is -0.194. The fraction of sp³-hybridized carbons (Fsp3) is 0.429. The molecule has 3 N–H and O–H groups in total. The number of para-hydroxylation sites is 1. The molecule has 0 heterocycles. The quantitative estimate of drug-likeness (QED) is 0.567. The molecule has 0 fully saturated rings. The zero-order valence-electron chi connectivity index (χ0n) is 11.1. The number of unbranched alkanes of at least 4 members (excludes halogenated alkanes) is 2. The number of anilines is 1. The Kier molecular flexibility index (Phi) is 7.07. The molecule has 1 rings (SSSR count). The molecule has 0 aliphatic rings. The number of nitrogens with one attached hydrogen (secondary N) is 1. The number of carbonyl (C=O) groups excluding carboxylic acids is 1. The van der Waals surface area contributed by atoms with Crippen molar-refractivity contribution in [3.63, 3.8) is 0 Å². The van der Waals surface area contributed by atoms with Gasteiger partial charge in [-0.15, -0.1) is 0 Å². The second-order valence-corrected chi connectivity index (χ2v) is 4.66. The number of amides is 1. The van der Waals surface area contributed by atoms with Crippen molar-refractivity contribution in [2.45, 2.75) is 26.2 Å². The summed E-state index contributed by atoms with van der Waals surface area (Å²) in [6, 6.07) is 7.19. The van der Waals surface area contributed by atoms with Crippen molar-refractivity contribution in [1.29, 1.82) is 0 Å². The highest BCUT2D eigenvalue weighted by Crippen LogP contribution is 2.14. The van der Waals surface area contributed by atoms with E-state index in [0.717, 1.165) is 19.3 Å². The number of rotatable bonds is 8. The summed E-state index contributed by atoms with van der Waals surface area (Å²) >= 11 is 4.93. The lowest BCUT2D eigenvalue weighted by Gasteiger charge is -2.10. The van der Waals surface area contributed by atoms with Gasteiger partial charge in [0.2, 0.25) is 5.91 Å². The number of ether oxygens (including phenoxy) is 1. The first-order chi connectivity index (χ1) is 9.15. The molecule has 1 aromatic rings. The Bertz CT molecular complexity index is 435. The number of hydrogen-bond donors (Lipinski definition) is 2. The van der Waals surface area contributed by atoms with E-state index in [0.29, 0.717) is 17.9 Å². The lowest BCUT2D eigenvalue weighted by atomic mass is 10.2. The van der Waals surface area contributed by atoms with E-state index in [1.54, 1.807) is 12.1 Å². The van der Waals surface area contributed by atoms with E-state index in [9.17, 15) is 4.79 Å². The van der Waals surface area contributed by atoms with Crippen molar-refractivity contribution in [1.82, 2.24) is 0 Å². The molecule has 0 atom stereocenters. The van der Waals surface area contributed by atoms with Gasteiger partial charge in [-0.2, -0.15) is 0 Å². The van der Waals surface area contributed by atoms with Gasteiger partial charge in [0, 0.05) is 12.2 Å². The maximum Gasteiger partial charge on any atom is 0.250 e. The van der Waals surface area contributed by atoms with Crippen LogP contribution < -0.4 is 11.1 Å². The van der Waals surface area contributed by atoms with Crippen molar-refractivity contribution < 1.29 is 9.53 Å². The zero-order chi connectivity index (χ0) is 14.1. The fourth-order valence-electron chi connectivity index (χ4n) is 1.61. The number of thiocarbonyl (C=S) groups is 1. The van der Waals surface area contributed by atoms with Crippen molar-refractivity contribution >= 4 is 28.8 Å². The largest absolute Gasteiger partial charge is 0.389 e. The summed E-state index contributed by atoms with van der Waals surface area (Å²) < 4.78 is 5.29. The van der Waals surface area contributed by atoms with Gasteiger partial charge in [-0.1, -0.05) is 44.1 Å². The second-order valence-electron chi connectivity index (χ2n) is 4.22. The molecule has 1 amide bonds. The van der Waals surface area contributed by atoms with Gasteiger partial charge in [-0.05, 0) is 18.6 Å². The monoisotopic (exact) mass is 280 g/mol. The smallest absolute Gasteiger partial charge is 0.250 e. The Morgan fingerprint density at radius 3 is 2.79 bits per heavy atom. The number of nitrogens with two attached hydrogens (primary N) is 1. The molecule has 104 valence electrons. The van der Waals surface area contributed by atoms with Crippen LogP contribution in [-0.4, -0.2) is 24.1 Å². The van der Waals surface area contributed by atoms with E-state index in [-0.39, 0.29) is 17.5 Å². The molecule has 0 aliphatic carbocycles. The molecule has 5 heteroatoms. The van der Waals surface area contributed by atoms with Crippen LogP contribution in [0.2, 0.25) is 0 Å². The summed E-state index contributed by atoms with van der Waals surface area (Å²) in [5, 5.41) is 2.75. The third kappa shape index (κ3) is 5.81. The van der Waals surface area contributed by atoms with Crippen LogP contribution in [0, 0.1) is 0 Å². The molecule has 0 saturated carbocycles. The SMILES string of the molecule is CCCCCOCC(=O)Nc1ccccc1C(N)=S. The third-order valence-corrected chi connectivity index (χ3v) is 2.81. The van der Waals surface area contributed by atoms with Crippen LogP contribution in [-0.2, 0) is 9.53 Å². The number of benzene rings is 1. The van der Waals surface area contributed by atoms with Crippen LogP contribution in [0.4, 0.5) is 5.69 Å². The maximum atomic E-state index is 11.7. The van der Waals surface area contributed by atoms with Crippen LogP contribution in [0.15, 0.2) is 24.3 Å². The molecule has 0 spiro atoms. The topological polar surface area (TPSA) is 64.3 Å². The van der Waals surface area contributed by atoms with E-state index >= 15 is 0 Å². The first-order valence-corrected chi connectivity index (χ1v) is 6.82. The van der Waals surface area contributed by atoms with Crippen molar-refractivity contribution in [3.05, 3.63) is 29.8 Å². The molecule has 0 unspecified atom stereocenters. The van der Waals surface area contributed by atoms with Crippen molar-refractivity contribution in [3.8, 4) is 0 Å². The van der Waals surface area contributed by atoms with Gasteiger partial charge in [0.15, 0.2) is 0 Å². The summed E-state index contributed by atoms with van der Waals surface area (Å²) in [5.74, 6) is -0.194. The van der Waals surface area contributed by atoms with Crippen LogP contribution >= 0.6 is 12.2 Å². The van der Waals surface area contributed by atoms with Gasteiger partial charge in [0.05, 0.1) is 5.69 Å². The molecule has 0 radical (unpaired) electrons. The van der Waals surface area contributed by atoms with Gasteiger partial charge in [-0.25, -0.2) is 0 Å². The van der Waals surface area contributed by atoms with Gasteiger partial charge in [0.25, 0.3) is 0 Å². The first kappa shape index (κ1) is 15.6. The molecular weight excluding hydrogens is 260 g/mol. The van der Waals surface area contributed by atoms with Crippen LogP contribution in [0.25, 0.3) is 0 Å². The lowest BCUT2D eigenvalue weighted by Crippen LogP contribution is -2.21. The Hall–Kier alpha value is -1.46. The Labute approximate surface area is 119 Å². The average molecular weight is 280 g/mol. The summed E-state index contributed by atoms with van der Waals surface area (Å²) in [6.07, 6.45) is 3.23. The summed E-state index contributed by atoms with van der Waals surface area (Å²) in [5.41, 5.74) is 6.88. The van der Waals surface area contributed by atoms with Crippen molar-refractivity contribution in [2.75, 3.05) is 18.5 Å².